The molecule has 1 fully saturated rings. The second-order valence-corrected chi connectivity index (χ2v) is 5.02. The van der Waals surface area contributed by atoms with Crippen LogP contribution in [0, 0.1) is 0 Å². The van der Waals surface area contributed by atoms with Crippen LogP contribution in [0.4, 0.5) is 0 Å². The van der Waals surface area contributed by atoms with E-state index in [4.69, 9.17) is 15.7 Å². The summed E-state index contributed by atoms with van der Waals surface area (Å²) < 4.78 is 5.26. The molecule has 0 radical (unpaired) electrons. The van der Waals surface area contributed by atoms with Crippen LogP contribution in [0.15, 0.2) is 5.16 Å². The summed E-state index contributed by atoms with van der Waals surface area (Å²) in [6.45, 7) is 3.62. The minimum Gasteiger partial charge on any atom is -0.409 e. The number of methoxy groups -OCH3 is 1. The van der Waals surface area contributed by atoms with Gasteiger partial charge in [0, 0.05) is 7.11 Å². The van der Waals surface area contributed by atoms with Gasteiger partial charge < -0.3 is 21.0 Å². The van der Waals surface area contributed by atoms with Crippen LogP contribution in [0.5, 0.6) is 0 Å². The molecule has 1 aliphatic rings. The van der Waals surface area contributed by atoms with Crippen LogP contribution < -0.4 is 11.1 Å². The number of rotatable bonds is 5. The number of ether oxygens (including phenoxy) is 1. The molecule has 1 amide bonds. The Kier molecular flexibility index (Phi) is 4.56. The van der Waals surface area contributed by atoms with E-state index in [9.17, 15) is 4.79 Å². The third-order valence-corrected chi connectivity index (χ3v) is 4.01. The molecule has 0 aliphatic heterocycles. The fourth-order valence-corrected chi connectivity index (χ4v) is 2.27. The van der Waals surface area contributed by atoms with E-state index >= 15 is 0 Å². The molecule has 0 bridgehead atoms. The van der Waals surface area contributed by atoms with Gasteiger partial charge in [0.2, 0.25) is 0 Å². The molecule has 0 spiro atoms. The molecule has 0 aromatic carbocycles. The third-order valence-electron chi connectivity index (χ3n) is 4.01. The van der Waals surface area contributed by atoms with E-state index in [2.05, 4.69) is 10.5 Å². The van der Waals surface area contributed by atoms with E-state index in [0.29, 0.717) is 19.3 Å². The number of carbonyl (C=O) groups is 1. The quantitative estimate of drug-likeness (QED) is 0.296. The summed E-state index contributed by atoms with van der Waals surface area (Å²) >= 11 is 0. The first-order valence-corrected chi connectivity index (χ1v) is 6.30. The van der Waals surface area contributed by atoms with Gasteiger partial charge in [-0.15, -0.1) is 0 Å². The number of nitrogens with two attached hydrogens (primary N) is 1. The van der Waals surface area contributed by atoms with Gasteiger partial charge in [0.25, 0.3) is 5.91 Å². The Morgan fingerprint density at radius 2 is 2.11 bits per heavy atom. The normalized spacial score (nSPS) is 22.5. The highest BCUT2D eigenvalue weighted by Gasteiger charge is 2.43. The van der Waals surface area contributed by atoms with Gasteiger partial charge in [0.05, 0.1) is 0 Å². The molecule has 6 heteroatoms. The Morgan fingerprint density at radius 1 is 1.56 bits per heavy atom. The van der Waals surface area contributed by atoms with E-state index in [0.717, 1.165) is 12.8 Å². The highest BCUT2D eigenvalue weighted by Crippen LogP contribution is 2.31. The SMILES string of the molecule is CCC(C)(OC)C(=O)NC1(C(N)=NO)CCCC1. The number of hydrogen-bond acceptors (Lipinski definition) is 4. The van der Waals surface area contributed by atoms with Gasteiger partial charge >= 0.3 is 0 Å². The first kappa shape index (κ1) is 14.8. The number of amidine groups is 1. The maximum atomic E-state index is 12.3. The predicted octanol–water partition coefficient (Wildman–Crippen LogP) is 0.977. The van der Waals surface area contributed by atoms with Crippen LogP contribution >= 0.6 is 0 Å². The third kappa shape index (κ3) is 2.58. The van der Waals surface area contributed by atoms with Crippen molar-refractivity contribution in [3.63, 3.8) is 0 Å². The van der Waals surface area contributed by atoms with Crippen molar-refractivity contribution >= 4 is 11.7 Å². The van der Waals surface area contributed by atoms with Gasteiger partial charge in [0.15, 0.2) is 5.84 Å². The van der Waals surface area contributed by atoms with E-state index in [1.807, 2.05) is 6.92 Å². The molecular weight excluding hydrogens is 234 g/mol. The monoisotopic (exact) mass is 257 g/mol. The van der Waals surface area contributed by atoms with Crippen LogP contribution in [-0.2, 0) is 9.53 Å². The maximum absolute atomic E-state index is 12.3. The Morgan fingerprint density at radius 3 is 2.50 bits per heavy atom. The lowest BCUT2D eigenvalue weighted by Gasteiger charge is -2.34. The molecule has 6 nitrogen and oxygen atoms in total. The molecule has 1 unspecified atom stereocenters. The number of carbonyl (C=O) groups excluding carboxylic acids is 1. The zero-order valence-corrected chi connectivity index (χ0v) is 11.3. The zero-order chi connectivity index (χ0) is 13.8. The van der Waals surface area contributed by atoms with Gasteiger partial charge in [-0.1, -0.05) is 24.9 Å². The number of oxime groups is 1. The van der Waals surface area contributed by atoms with E-state index in [1.54, 1.807) is 6.92 Å². The first-order chi connectivity index (χ1) is 8.44. The van der Waals surface area contributed by atoms with Crippen LogP contribution in [0.25, 0.3) is 0 Å². The second-order valence-electron chi connectivity index (χ2n) is 5.02. The zero-order valence-electron chi connectivity index (χ0n) is 11.3. The van der Waals surface area contributed by atoms with Crippen LogP contribution in [0.1, 0.15) is 46.0 Å². The Bertz CT molecular complexity index is 331. The number of nitrogens with zero attached hydrogens (tertiary/aromatic N) is 1. The summed E-state index contributed by atoms with van der Waals surface area (Å²) in [6.07, 6.45) is 3.84. The minimum absolute atomic E-state index is 0.0721. The van der Waals surface area contributed by atoms with Crippen molar-refractivity contribution in [3.05, 3.63) is 0 Å². The molecule has 4 N–H and O–H groups in total. The van der Waals surface area contributed by atoms with Crippen molar-refractivity contribution in [2.24, 2.45) is 10.9 Å². The molecular formula is C12H23N3O3. The largest absolute Gasteiger partial charge is 0.409 e. The maximum Gasteiger partial charge on any atom is 0.252 e. The van der Waals surface area contributed by atoms with Crippen molar-refractivity contribution in [2.45, 2.75) is 57.1 Å². The first-order valence-electron chi connectivity index (χ1n) is 6.30. The van der Waals surface area contributed by atoms with Crippen LogP contribution in [0.2, 0.25) is 0 Å². The highest BCUT2D eigenvalue weighted by atomic mass is 16.5. The Hall–Kier alpha value is -1.30. The molecule has 0 aromatic rings. The molecule has 1 atom stereocenters. The van der Waals surface area contributed by atoms with Crippen molar-refractivity contribution in [1.29, 1.82) is 0 Å². The summed E-state index contributed by atoms with van der Waals surface area (Å²) in [7, 11) is 1.51. The molecule has 18 heavy (non-hydrogen) atoms. The molecule has 104 valence electrons. The lowest BCUT2D eigenvalue weighted by atomic mass is 9.93. The van der Waals surface area contributed by atoms with Gasteiger partial charge in [-0.05, 0) is 26.2 Å². The van der Waals surface area contributed by atoms with Gasteiger partial charge in [-0.3, -0.25) is 4.79 Å². The Labute approximate surface area is 108 Å². The molecule has 1 rings (SSSR count). The highest BCUT2D eigenvalue weighted by molar-refractivity contribution is 5.96. The van der Waals surface area contributed by atoms with Crippen LogP contribution in [-0.4, -0.2) is 35.2 Å². The summed E-state index contributed by atoms with van der Waals surface area (Å²) in [5, 5.41) is 14.8. The van der Waals surface area contributed by atoms with Crippen LogP contribution in [0.3, 0.4) is 0 Å². The number of amides is 1. The summed E-state index contributed by atoms with van der Waals surface area (Å²) in [5.41, 5.74) is 4.13. The fraction of sp³-hybridized carbons (Fsp3) is 0.833. The minimum atomic E-state index is -0.884. The fourth-order valence-electron chi connectivity index (χ4n) is 2.27. The van der Waals surface area contributed by atoms with Crippen molar-refractivity contribution in [1.82, 2.24) is 5.32 Å². The molecule has 1 aliphatic carbocycles. The van der Waals surface area contributed by atoms with Gasteiger partial charge in [-0.25, -0.2) is 0 Å². The lowest BCUT2D eigenvalue weighted by Crippen LogP contribution is -2.60. The van der Waals surface area contributed by atoms with Crippen molar-refractivity contribution in [3.8, 4) is 0 Å². The lowest BCUT2D eigenvalue weighted by molar-refractivity contribution is -0.143. The summed E-state index contributed by atoms with van der Waals surface area (Å²) in [4.78, 5) is 12.3. The number of hydrogen-bond donors (Lipinski definition) is 3. The average molecular weight is 257 g/mol. The molecule has 0 aromatic heterocycles. The molecule has 0 heterocycles. The van der Waals surface area contributed by atoms with Crippen molar-refractivity contribution < 1.29 is 14.7 Å². The van der Waals surface area contributed by atoms with E-state index in [1.165, 1.54) is 7.11 Å². The molecule has 1 saturated carbocycles. The topological polar surface area (TPSA) is 96.9 Å². The van der Waals surface area contributed by atoms with E-state index < -0.39 is 11.1 Å². The predicted molar refractivity (Wildman–Crippen MR) is 68.5 cm³/mol. The number of nitrogens with one attached hydrogen (secondary N) is 1. The second kappa shape index (κ2) is 5.56. The van der Waals surface area contributed by atoms with Gasteiger partial charge in [-0.2, -0.15) is 0 Å². The van der Waals surface area contributed by atoms with Crippen molar-refractivity contribution in [2.75, 3.05) is 7.11 Å². The van der Waals surface area contributed by atoms with Gasteiger partial charge in [0.1, 0.15) is 11.1 Å². The average Bonchev–Trinajstić information content (AvgIpc) is 2.86. The summed E-state index contributed by atoms with van der Waals surface area (Å²) in [6, 6.07) is 0. The smallest absolute Gasteiger partial charge is 0.252 e. The standard InChI is InChI=1S/C12H23N3O3/c1-4-11(2,18-3)10(16)14-12(9(13)15-17)7-5-6-8-12/h17H,4-8H2,1-3H3,(H2,13,15)(H,14,16). The molecule has 0 saturated heterocycles. The summed E-state index contributed by atoms with van der Waals surface area (Å²) in [5.74, 6) is -0.149. The Balaban J connectivity index is 2.89. The van der Waals surface area contributed by atoms with E-state index in [-0.39, 0.29) is 11.7 Å².